The minimum atomic E-state index is -3.12. The van der Waals surface area contributed by atoms with Crippen LogP contribution in [0.4, 0.5) is 0 Å². The molecule has 0 aliphatic heterocycles. The SMILES string of the molecule is CCN(CC(C)CN)S(=O)(=O)C(C)C. The van der Waals surface area contributed by atoms with Crippen LogP contribution in [0.25, 0.3) is 0 Å². The predicted octanol–water partition coefficient (Wildman–Crippen LogP) is 0.641. The fourth-order valence-corrected chi connectivity index (χ4v) is 2.55. The molecule has 0 aromatic heterocycles. The van der Waals surface area contributed by atoms with Gasteiger partial charge in [0.05, 0.1) is 5.25 Å². The summed E-state index contributed by atoms with van der Waals surface area (Å²) in [7, 11) is -3.12. The van der Waals surface area contributed by atoms with Crippen LogP contribution in [0, 0.1) is 5.92 Å². The van der Waals surface area contributed by atoms with E-state index in [-0.39, 0.29) is 11.2 Å². The van der Waals surface area contributed by atoms with E-state index in [2.05, 4.69) is 0 Å². The number of nitrogens with two attached hydrogens (primary N) is 1. The van der Waals surface area contributed by atoms with Crippen molar-refractivity contribution in [2.24, 2.45) is 11.7 Å². The summed E-state index contributed by atoms with van der Waals surface area (Å²) < 4.78 is 25.1. The molecule has 0 radical (unpaired) electrons. The second-order valence-electron chi connectivity index (χ2n) is 3.89. The van der Waals surface area contributed by atoms with Gasteiger partial charge in [-0.2, -0.15) is 0 Å². The lowest BCUT2D eigenvalue weighted by atomic mass is 10.2. The fourth-order valence-electron chi connectivity index (χ4n) is 1.13. The summed E-state index contributed by atoms with van der Waals surface area (Å²) in [5.41, 5.74) is 5.47. The number of nitrogens with zero attached hydrogens (tertiary/aromatic N) is 1. The highest BCUT2D eigenvalue weighted by Crippen LogP contribution is 2.10. The first-order valence-electron chi connectivity index (χ1n) is 5.05. The number of hydrogen-bond acceptors (Lipinski definition) is 3. The summed E-state index contributed by atoms with van der Waals surface area (Å²) in [4.78, 5) is 0. The highest BCUT2D eigenvalue weighted by Gasteiger charge is 2.25. The van der Waals surface area contributed by atoms with Gasteiger partial charge in [-0.1, -0.05) is 13.8 Å². The molecule has 0 amide bonds. The molecule has 0 aromatic carbocycles. The Kier molecular flexibility index (Phi) is 5.63. The molecule has 0 aromatic rings. The van der Waals surface area contributed by atoms with Crippen molar-refractivity contribution in [3.8, 4) is 0 Å². The van der Waals surface area contributed by atoms with Crippen molar-refractivity contribution >= 4 is 10.0 Å². The van der Waals surface area contributed by atoms with Gasteiger partial charge in [0.15, 0.2) is 0 Å². The molecular formula is C9H22N2O2S. The third kappa shape index (κ3) is 3.55. The maximum absolute atomic E-state index is 11.8. The molecule has 14 heavy (non-hydrogen) atoms. The van der Waals surface area contributed by atoms with Crippen molar-refractivity contribution in [3.05, 3.63) is 0 Å². The summed E-state index contributed by atoms with van der Waals surface area (Å²) in [5, 5.41) is -0.354. The molecule has 0 rings (SSSR count). The van der Waals surface area contributed by atoms with Gasteiger partial charge in [0.25, 0.3) is 0 Å². The van der Waals surface area contributed by atoms with Gasteiger partial charge in [-0.05, 0) is 26.3 Å². The summed E-state index contributed by atoms with van der Waals surface area (Å²) in [6.07, 6.45) is 0. The molecule has 0 saturated carbocycles. The number of hydrogen-bond donors (Lipinski definition) is 1. The lowest BCUT2D eigenvalue weighted by molar-refractivity contribution is 0.368. The highest BCUT2D eigenvalue weighted by atomic mass is 32.2. The van der Waals surface area contributed by atoms with Gasteiger partial charge in [-0.15, -0.1) is 0 Å². The Labute approximate surface area is 87.5 Å². The Morgan fingerprint density at radius 1 is 1.29 bits per heavy atom. The number of sulfonamides is 1. The Morgan fingerprint density at radius 2 is 1.79 bits per heavy atom. The smallest absolute Gasteiger partial charge is 0.216 e. The molecule has 1 atom stereocenters. The van der Waals surface area contributed by atoms with Crippen LogP contribution in [-0.4, -0.2) is 37.6 Å². The molecule has 1 unspecified atom stereocenters. The Hall–Kier alpha value is -0.130. The largest absolute Gasteiger partial charge is 0.330 e. The van der Waals surface area contributed by atoms with Crippen LogP contribution in [-0.2, 0) is 10.0 Å². The standard InChI is InChI=1S/C9H22N2O2S/c1-5-11(7-9(4)6-10)14(12,13)8(2)3/h8-9H,5-7,10H2,1-4H3. The lowest BCUT2D eigenvalue weighted by Crippen LogP contribution is -2.40. The monoisotopic (exact) mass is 222 g/mol. The second kappa shape index (κ2) is 5.68. The predicted molar refractivity (Wildman–Crippen MR) is 59.5 cm³/mol. The molecule has 0 heterocycles. The van der Waals surface area contributed by atoms with Crippen LogP contribution in [0.5, 0.6) is 0 Å². The van der Waals surface area contributed by atoms with Gasteiger partial charge in [0.1, 0.15) is 0 Å². The number of rotatable bonds is 6. The Morgan fingerprint density at radius 3 is 2.07 bits per heavy atom. The maximum atomic E-state index is 11.8. The van der Waals surface area contributed by atoms with E-state index in [1.165, 1.54) is 4.31 Å². The quantitative estimate of drug-likeness (QED) is 0.717. The topological polar surface area (TPSA) is 63.4 Å². The molecule has 4 nitrogen and oxygen atoms in total. The van der Waals surface area contributed by atoms with Gasteiger partial charge >= 0.3 is 0 Å². The molecule has 5 heteroatoms. The third-order valence-corrected chi connectivity index (χ3v) is 4.54. The maximum Gasteiger partial charge on any atom is 0.216 e. The van der Waals surface area contributed by atoms with E-state index in [1.807, 2.05) is 13.8 Å². The summed E-state index contributed by atoms with van der Waals surface area (Å²) in [5.74, 6) is 0.212. The summed E-state index contributed by atoms with van der Waals surface area (Å²) in [6, 6.07) is 0. The molecule has 0 bridgehead atoms. The van der Waals surface area contributed by atoms with Crippen molar-refractivity contribution in [2.45, 2.75) is 32.9 Å². The third-order valence-electron chi connectivity index (χ3n) is 2.23. The lowest BCUT2D eigenvalue weighted by Gasteiger charge is -2.25. The van der Waals surface area contributed by atoms with E-state index in [9.17, 15) is 8.42 Å². The van der Waals surface area contributed by atoms with E-state index in [0.717, 1.165) is 0 Å². The minimum Gasteiger partial charge on any atom is -0.330 e. The molecule has 2 N–H and O–H groups in total. The normalized spacial score (nSPS) is 15.1. The zero-order chi connectivity index (χ0) is 11.4. The van der Waals surface area contributed by atoms with Gasteiger partial charge in [-0.3, -0.25) is 0 Å². The summed E-state index contributed by atoms with van der Waals surface area (Å²) >= 11 is 0. The molecule has 86 valence electrons. The van der Waals surface area contributed by atoms with Gasteiger partial charge in [-0.25, -0.2) is 12.7 Å². The van der Waals surface area contributed by atoms with Crippen LogP contribution < -0.4 is 5.73 Å². The molecule has 0 saturated heterocycles. The van der Waals surface area contributed by atoms with Crippen molar-refractivity contribution < 1.29 is 8.42 Å². The Bertz CT molecular complexity index is 250. The molecular weight excluding hydrogens is 200 g/mol. The first kappa shape index (κ1) is 13.9. The van der Waals surface area contributed by atoms with Gasteiger partial charge in [0, 0.05) is 13.1 Å². The zero-order valence-corrected chi connectivity index (χ0v) is 10.3. The van der Waals surface area contributed by atoms with Crippen LogP contribution in [0.3, 0.4) is 0 Å². The van der Waals surface area contributed by atoms with E-state index in [1.54, 1.807) is 13.8 Å². The van der Waals surface area contributed by atoms with E-state index < -0.39 is 10.0 Å². The fraction of sp³-hybridized carbons (Fsp3) is 1.00. The second-order valence-corrected chi connectivity index (χ2v) is 6.37. The molecule has 0 spiro atoms. The van der Waals surface area contributed by atoms with Crippen molar-refractivity contribution in [1.82, 2.24) is 4.31 Å². The van der Waals surface area contributed by atoms with Gasteiger partial charge < -0.3 is 5.73 Å². The summed E-state index contributed by atoms with van der Waals surface area (Å²) in [6.45, 7) is 8.76. The molecule has 0 aliphatic carbocycles. The van der Waals surface area contributed by atoms with E-state index in [4.69, 9.17) is 5.73 Å². The highest BCUT2D eigenvalue weighted by molar-refractivity contribution is 7.89. The van der Waals surface area contributed by atoms with Crippen molar-refractivity contribution in [3.63, 3.8) is 0 Å². The average molecular weight is 222 g/mol. The van der Waals surface area contributed by atoms with Crippen molar-refractivity contribution in [2.75, 3.05) is 19.6 Å². The van der Waals surface area contributed by atoms with Gasteiger partial charge in [0.2, 0.25) is 10.0 Å². The zero-order valence-electron chi connectivity index (χ0n) is 9.53. The Balaban J connectivity index is 4.57. The van der Waals surface area contributed by atoms with Crippen LogP contribution in [0.2, 0.25) is 0 Å². The first-order valence-corrected chi connectivity index (χ1v) is 6.55. The van der Waals surface area contributed by atoms with Crippen LogP contribution in [0.15, 0.2) is 0 Å². The van der Waals surface area contributed by atoms with Crippen molar-refractivity contribution in [1.29, 1.82) is 0 Å². The van der Waals surface area contributed by atoms with E-state index in [0.29, 0.717) is 19.6 Å². The minimum absolute atomic E-state index is 0.212. The van der Waals surface area contributed by atoms with Crippen LogP contribution in [0.1, 0.15) is 27.7 Å². The first-order chi connectivity index (χ1) is 6.36. The van der Waals surface area contributed by atoms with E-state index >= 15 is 0 Å². The molecule has 0 fully saturated rings. The molecule has 0 aliphatic rings. The average Bonchev–Trinajstić information content (AvgIpc) is 2.12. The van der Waals surface area contributed by atoms with Crippen LogP contribution >= 0.6 is 0 Å².